The number of benzene rings is 8. The van der Waals surface area contributed by atoms with E-state index in [4.69, 9.17) is 9.97 Å². The topological polar surface area (TPSA) is 50.7 Å². The van der Waals surface area contributed by atoms with E-state index in [1.165, 1.54) is 94.2 Å². The fraction of sp³-hybridized carbons (Fsp3) is 0.0299. The minimum Gasteiger partial charge on any atom is -0.387 e. The number of rotatable bonds is 6. The molecule has 0 fully saturated rings. The van der Waals surface area contributed by atoms with E-state index in [2.05, 4.69) is 192 Å². The van der Waals surface area contributed by atoms with Crippen molar-refractivity contribution < 1.29 is 0 Å². The minimum absolute atomic E-state index is 0.550. The number of fused-ring (bicyclic) bond motifs is 13. The lowest BCUT2D eigenvalue weighted by molar-refractivity contribution is 0.794. The summed E-state index contributed by atoms with van der Waals surface area (Å²) >= 11 is 0. The molecular formula is C67H42N4. The standard InChI is InChI=1S/C67H42N4/c1-2-11-41(12-3-1)47-29-44-13-10-17-56-63(44)57(35-47)58-36-62-66(55-16-6-9-20-61(55)67(62)59-18-7-4-14-53(59)54-15-5-8-19-60(54)67)64(65(56)58)48-31-45(51-33-49(37-70-39-51)42-21-25-68-26-22-42)30-46(32-48)52-34-50(38-71-40-52)43-23-27-69-28-24-43/h1-27,29-40,69H,28H2. The van der Waals surface area contributed by atoms with Crippen molar-refractivity contribution in [1.29, 1.82) is 0 Å². The van der Waals surface area contributed by atoms with E-state index >= 15 is 0 Å². The second kappa shape index (κ2) is 15.4. The molecule has 8 aromatic carbocycles. The van der Waals surface area contributed by atoms with Gasteiger partial charge in [-0.3, -0.25) is 15.0 Å². The van der Waals surface area contributed by atoms with Crippen LogP contribution in [-0.2, 0) is 5.41 Å². The number of allylic oxidation sites excluding steroid dienone is 2. The number of dihydropyridines is 1. The summed E-state index contributed by atoms with van der Waals surface area (Å²) in [6.07, 6.45) is 18.0. The van der Waals surface area contributed by atoms with E-state index in [0.717, 1.165) is 56.6 Å². The molecule has 0 atom stereocenters. The van der Waals surface area contributed by atoms with Crippen molar-refractivity contribution >= 4 is 16.3 Å². The van der Waals surface area contributed by atoms with Crippen molar-refractivity contribution in [1.82, 2.24) is 20.3 Å². The maximum absolute atomic E-state index is 4.90. The van der Waals surface area contributed by atoms with Gasteiger partial charge in [-0.25, -0.2) is 0 Å². The van der Waals surface area contributed by atoms with E-state index in [-0.39, 0.29) is 0 Å². The Kier molecular flexibility index (Phi) is 8.60. The molecule has 4 nitrogen and oxygen atoms in total. The van der Waals surface area contributed by atoms with Gasteiger partial charge in [0.15, 0.2) is 0 Å². The maximum Gasteiger partial charge on any atom is 0.0725 e. The highest BCUT2D eigenvalue weighted by Gasteiger charge is 2.53. The Morgan fingerprint density at radius 3 is 1.62 bits per heavy atom. The molecule has 3 aliphatic carbocycles. The zero-order valence-corrected chi connectivity index (χ0v) is 38.6. The Morgan fingerprint density at radius 2 is 0.915 bits per heavy atom. The lowest BCUT2D eigenvalue weighted by Gasteiger charge is -2.31. The van der Waals surface area contributed by atoms with Crippen molar-refractivity contribution in [3.8, 4) is 100 Å². The van der Waals surface area contributed by atoms with Gasteiger partial charge in [-0.05, 0) is 195 Å². The quantitative estimate of drug-likeness (QED) is 0.181. The van der Waals surface area contributed by atoms with Gasteiger partial charge in [0.1, 0.15) is 0 Å². The fourth-order valence-corrected chi connectivity index (χ4v) is 12.5. The average Bonchev–Trinajstić information content (AvgIpc) is 4.05. The maximum atomic E-state index is 4.90. The Balaban J connectivity index is 1.08. The van der Waals surface area contributed by atoms with Crippen molar-refractivity contribution in [3.63, 3.8) is 0 Å². The van der Waals surface area contributed by atoms with Gasteiger partial charge in [0, 0.05) is 66.0 Å². The Bertz CT molecular complexity index is 4060. The normalized spacial score (nSPS) is 13.8. The molecule has 0 bridgehead atoms. The van der Waals surface area contributed by atoms with Crippen LogP contribution >= 0.6 is 0 Å². The molecule has 0 radical (unpaired) electrons. The molecule has 0 saturated heterocycles. The number of aromatic nitrogens is 3. The van der Waals surface area contributed by atoms with Crippen LogP contribution in [0.1, 0.15) is 27.8 Å². The van der Waals surface area contributed by atoms with Crippen LogP contribution in [-0.4, -0.2) is 21.5 Å². The lowest BCUT2D eigenvalue weighted by Crippen LogP contribution is -2.26. The number of nitrogens with one attached hydrogen (secondary N) is 1. The molecule has 71 heavy (non-hydrogen) atoms. The van der Waals surface area contributed by atoms with Crippen LogP contribution in [0.2, 0.25) is 0 Å². The number of hydrogen-bond acceptors (Lipinski definition) is 4. The van der Waals surface area contributed by atoms with E-state index in [1.807, 2.05) is 55.5 Å². The largest absolute Gasteiger partial charge is 0.387 e. The summed E-state index contributed by atoms with van der Waals surface area (Å²) in [7, 11) is 0. The van der Waals surface area contributed by atoms with Gasteiger partial charge < -0.3 is 5.32 Å². The predicted octanol–water partition coefficient (Wildman–Crippen LogP) is 15.9. The molecule has 4 aliphatic rings. The highest BCUT2D eigenvalue weighted by Crippen LogP contribution is 2.67. The highest BCUT2D eigenvalue weighted by atomic mass is 14.8. The highest BCUT2D eigenvalue weighted by molar-refractivity contribution is 6.22. The SMILES string of the molecule is C1=CC(c2cncc(-c3cc(-c4cncc(-c5ccncc5)c4)cc(-c4c5c(cc6c4-c4ccccc4C64c6ccccc6-c6ccccc64)-c4cc(-c6ccccc6)cc6cccc-5c46)c3)c2)=CCN1. The third kappa shape index (κ3) is 5.82. The Morgan fingerprint density at radius 1 is 0.352 bits per heavy atom. The van der Waals surface area contributed by atoms with Crippen molar-refractivity contribution in [2.75, 3.05) is 6.54 Å². The summed E-state index contributed by atoms with van der Waals surface area (Å²) in [4.78, 5) is 14.1. The minimum atomic E-state index is -0.550. The summed E-state index contributed by atoms with van der Waals surface area (Å²) in [5.41, 5.74) is 28.3. The van der Waals surface area contributed by atoms with Crippen LogP contribution in [0, 0.1) is 0 Å². The van der Waals surface area contributed by atoms with E-state index in [0.29, 0.717) is 0 Å². The number of nitrogens with zero attached hydrogens (tertiary/aromatic N) is 3. The van der Waals surface area contributed by atoms with Crippen LogP contribution in [0.3, 0.4) is 0 Å². The second-order valence-electron chi connectivity index (χ2n) is 19.1. The first-order valence-corrected chi connectivity index (χ1v) is 24.4. The van der Waals surface area contributed by atoms with Crippen molar-refractivity contribution in [2.45, 2.75) is 5.41 Å². The molecule has 0 amide bonds. The van der Waals surface area contributed by atoms with Gasteiger partial charge in [-0.1, -0.05) is 127 Å². The first-order valence-electron chi connectivity index (χ1n) is 24.4. The fourth-order valence-electron chi connectivity index (χ4n) is 12.5. The molecule has 15 rings (SSSR count). The molecular weight excluding hydrogens is 861 g/mol. The van der Waals surface area contributed by atoms with Crippen LogP contribution in [0.5, 0.6) is 0 Å². The molecule has 1 N–H and O–H groups in total. The second-order valence-corrected chi connectivity index (χ2v) is 19.1. The molecule has 3 aromatic heterocycles. The zero-order valence-electron chi connectivity index (χ0n) is 38.6. The van der Waals surface area contributed by atoms with Gasteiger partial charge in [-0.2, -0.15) is 0 Å². The summed E-state index contributed by atoms with van der Waals surface area (Å²) in [6, 6.07) is 68.5. The molecule has 0 saturated carbocycles. The summed E-state index contributed by atoms with van der Waals surface area (Å²) in [5, 5.41) is 5.85. The molecule has 11 aromatic rings. The number of pyridine rings is 3. The van der Waals surface area contributed by atoms with E-state index < -0.39 is 5.41 Å². The molecule has 1 aliphatic heterocycles. The third-order valence-corrected chi connectivity index (χ3v) is 15.5. The van der Waals surface area contributed by atoms with E-state index in [1.54, 1.807) is 0 Å². The van der Waals surface area contributed by atoms with Crippen LogP contribution < -0.4 is 5.32 Å². The monoisotopic (exact) mass is 902 g/mol. The predicted molar refractivity (Wildman–Crippen MR) is 290 cm³/mol. The van der Waals surface area contributed by atoms with E-state index in [9.17, 15) is 0 Å². The first kappa shape index (κ1) is 39.7. The van der Waals surface area contributed by atoms with Gasteiger partial charge in [0.05, 0.1) is 5.41 Å². The van der Waals surface area contributed by atoms with Gasteiger partial charge in [0.25, 0.3) is 0 Å². The zero-order chi connectivity index (χ0) is 46.6. The first-order chi connectivity index (χ1) is 35.2. The average molecular weight is 903 g/mol. The van der Waals surface area contributed by atoms with Gasteiger partial charge in [0.2, 0.25) is 0 Å². The van der Waals surface area contributed by atoms with Crippen molar-refractivity contribution in [3.05, 3.63) is 265 Å². The van der Waals surface area contributed by atoms with Gasteiger partial charge in [-0.15, -0.1) is 0 Å². The number of hydrogen-bond donors (Lipinski definition) is 1. The van der Waals surface area contributed by atoms with Crippen LogP contribution in [0.15, 0.2) is 238 Å². The smallest absolute Gasteiger partial charge is 0.0725 e. The molecule has 330 valence electrons. The summed E-state index contributed by atoms with van der Waals surface area (Å²) in [5.74, 6) is 0. The summed E-state index contributed by atoms with van der Waals surface area (Å²) < 4.78 is 0. The van der Waals surface area contributed by atoms with Gasteiger partial charge >= 0.3 is 0 Å². The molecule has 0 unspecified atom stereocenters. The Labute approximate surface area is 412 Å². The molecule has 1 spiro atoms. The van der Waals surface area contributed by atoms with Crippen molar-refractivity contribution in [2.24, 2.45) is 0 Å². The Hall–Kier alpha value is -9.25. The lowest BCUT2D eigenvalue weighted by atomic mass is 9.69. The molecule has 4 heteroatoms. The third-order valence-electron chi connectivity index (χ3n) is 15.5. The molecule has 4 heterocycles. The summed E-state index contributed by atoms with van der Waals surface area (Å²) in [6.45, 7) is 0.778. The van der Waals surface area contributed by atoms with Crippen LogP contribution in [0.25, 0.3) is 116 Å². The van der Waals surface area contributed by atoms with Crippen LogP contribution in [0.4, 0.5) is 0 Å².